The molecule has 2 unspecified atom stereocenters. The van der Waals surface area contributed by atoms with Crippen LogP contribution in [-0.2, 0) is 33.7 Å². The number of fused-ring (bicyclic) bond motifs is 1. The SMILES string of the molecule is O=C(C1CCc2ccc(COC3=CC=C(c4ccn[nH]4)C=C=C3)cc2C1)C1CO1. The Hall–Kier alpha value is -3.14. The zero-order valence-corrected chi connectivity index (χ0v) is 16.1. The molecule has 1 fully saturated rings. The molecule has 0 spiro atoms. The van der Waals surface area contributed by atoms with Gasteiger partial charge in [0.15, 0.2) is 5.78 Å². The van der Waals surface area contributed by atoms with Crippen molar-refractivity contribution in [2.24, 2.45) is 5.92 Å². The minimum atomic E-state index is -0.144. The van der Waals surface area contributed by atoms with Gasteiger partial charge in [-0.05, 0) is 60.2 Å². The third kappa shape index (κ3) is 4.02. The number of ketones is 1. The fraction of sp³-hybridized carbons (Fsp3) is 0.292. The number of aryl methyl sites for hydroxylation is 1. The average molecular weight is 386 g/mol. The molecule has 0 amide bonds. The summed E-state index contributed by atoms with van der Waals surface area (Å²) in [5.41, 5.74) is 8.82. The second-order valence-electron chi connectivity index (χ2n) is 7.67. The maximum atomic E-state index is 12.3. The molecule has 1 aliphatic heterocycles. The first-order chi connectivity index (χ1) is 14.3. The summed E-state index contributed by atoms with van der Waals surface area (Å²) < 4.78 is 11.2. The van der Waals surface area contributed by atoms with Crippen molar-refractivity contribution in [2.75, 3.05) is 6.61 Å². The van der Waals surface area contributed by atoms with E-state index in [1.807, 2.05) is 30.4 Å². The predicted octanol–water partition coefficient (Wildman–Crippen LogP) is 3.69. The predicted molar refractivity (Wildman–Crippen MR) is 109 cm³/mol. The van der Waals surface area contributed by atoms with Crippen molar-refractivity contribution < 1.29 is 14.3 Å². The number of aromatic nitrogens is 2. The number of hydrogen-bond acceptors (Lipinski definition) is 4. The van der Waals surface area contributed by atoms with Crippen molar-refractivity contribution in [1.29, 1.82) is 0 Å². The fourth-order valence-corrected chi connectivity index (χ4v) is 3.94. The summed E-state index contributed by atoms with van der Waals surface area (Å²) in [5, 5.41) is 6.94. The van der Waals surface area contributed by atoms with Crippen molar-refractivity contribution in [3.8, 4) is 0 Å². The van der Waals surface area contributed by atoms with E-state index < -0.39 is 0 Å². The molecular formula is C24H22N2O3. The number of Topliss-reactive ketones (excluding diaryl/α,β-unsaturated/α-hetero) is 1. The van der Waals surface area contributed by atoms with Crippen molar-refractivity contribution in [2.45, 2.75) is 32.0 Å². The molecule has 1 aromatic heterocycles. The molecule has 3 aliphatic rings. The number of rotatable bonds is 6. The Kier molecular flexibility index (Phi) is 4.76. The van der Waals surface area contributed by atoms with Crippen molar-refractivity contribution >= 4 is 11.4 Å². The first-order valence-electron chi connectivity index (χ1n) is 9.99. The Morgan fingerprint density at radius 3 is 3.00 bits per heavy atom. The van der Waals surface area contributed by atoms with Gasteiger partial charge in [0, 0.05) is 23.8 Å². The van der Waals surface area contributed by atoms with Crippen LogP contribution >= 0.6 is 0 Å². The second-order valence-corrected chi connectivity index (χ2v) is 7.67. The Balaban J connectivity index is 1.25. The van der Waals surface area contributed by atoms with Gasteiger partial charge in [-0.25, -0.2) is 0 Å². The number of carbonyl (C=O) groups is 1. The standard InChI is InChI=1S/C24H22N2O3/c27-24(23-15-29-23)19-7-6-17-5-4-16(12-20(17)13-19)14-28-21-3-1-2-18(8-9-21)22-10-11-25-26-22/h2-5,8-12,19,23H,6-7,13-15H2,(H,25,26). The maximum absolute atomic E-state index is 12.3. The van der Waals surface area contributed by atoms with Crippen molar-refractivity contribution in [1.82, 2.24) is 10.2 Å². The average Bonchev–Trinajstić information content (AvgIpc) is 3.51. The lowest BCUT2D eigenvalue weighted by Gasteiger charge is -2.23. The van der Waals surface area contributed by atoms with E-state index in [0.29, 0.717) is 13.2 Å². The number of allylic oxidation sites excluding steroid dienone is 4. The van der Waals surface area contributed by atoms with Crippen LogP contribution in [0.15, 0.2) is 66.3 Å². The Labute approximate surface area is 169 Å². The summed E-state index contributed by atoms with van der Waals surface area (Å²) in [7, 11) is 0. The number of benzene rings is 1. The second kappa shape index (κ2) is 7.70. The third-order valence-electron chi connectivity index (χ3n) is 5.66. The topological polar surface area (TPSA) is 67.5 Å². The molecule has 2 atom stereocenters. The van der Waals surface area contributed by atoms with E-state index in [0.717, 1.165) is 41.9 Å². The van der Waals surface area contributed by atoms with Gasteiger partial charge in [-0.2, -0.15) is 5.10 Å². The molecule has 1 saturated heterocycles. The molecular weight excluding hydrogens is 364 g/mol. The largest absolute Gasteiger partial charge is 0.488 e. The lowest BCUT2D eigenvalue weighted by atomic mass is 9.80. The van der Waals surface area contributed by atoms with Crippen LogP contribution in [0.5, 0.6) is 0 Å². The van der Waals surface area contributed by atoms with Gasteiger partial charge in [0.2, 0.25) is 0 Å². The van der Waals surface area contributed by atoms with Crippen LogP contribution in [0.25, 0.3) is 5.57 Å². The number of nitrogens with one attached hydrogen (secondary N) is 1. The minimum absolute atomic E-state index is 0.0924. The number of ether oxygens (including phenoxy) is 2. The number of H-pyrrole nitrogens is 1. The van der Waals surface area contributed by atoms with Crippen LogP contribution in [0.4, 0.5) is 0 Å². The maximum Gasteiger partial charge on any atom is 0.167 e. The molecule has 2 heterocycles. The van der Waals surface area contributed by atoms with E-state index in [9.17, 15) is 4.79 Å². The van der Waals surface area contributed by atoms with E-state index in [4.69, 9.17) is 9.47 Å². The zero-order chi connectivity index (χ0) is 19.6. The van der Waals surface area contributed by atoms with Crippen molar-refractivity contribution in [3.05, 3.63) is 88.6 Å². The van der Waals surface area contributed by atoms with Crippen LogP contribution in [-0.4, -0.2) is 28.7 Å². The Morgan fingerprint density at radius 2 is 2.17 bits per heavy atom. The van der Waals surface area contributed by atoms with E-state index in [1.54, 1.807) is 6.20 Å². The van der Waals surface area contributed by atoms with Gasteiger partial charge >= 0.3 is 0 Å². The van der Waals surface area contributed by atoms with Gasteiger partial charge in [-0.1, -0.05) is 18.2 Å². The van der Waals surface area contributed by atoms with Gasteiger partial charge in [-0.15, -0.1) is 5.73 Å². The summed E-state index contributed by atoms with van der Waals surface area (Å²) >= 11 is 0. The van der Waals surface area contributed by atoms with Gasteiger partial charge in [0.1, 0.15) is 18.5 Å². The highest BCUT2D eigenvalue weighted by Crippen LogP contribution is 2.30. The van der Waals surface area contributed by atoms with Gasteiger partial charge in [0.25, 0.3) is 0 Å². The highest BCUT2D eigenvalue weighted by Gasteiger charge is 2.37. The van der Waals surface area contributed by atoms with Crippen LogP contribution in [0.2, 0.25) is 0 Å². The first-order valence-corrected chi connectivity index (χ1v) is 9.99. The van der Waals surface area contributed by atoms with Crippen molar-refractivity contribution in [3.63, 3.8) is 0 Å². The number of aromatic amines is 1. The van der Waals surface area contributed by atoms with Crippen LogP contribution in [0, 0.1) is 5.92 Å². The smallest absolute Gasteiger partial charge is 0.167 e. The van der Waals surface area contributed by atoms with Gasteiger partial charge in [-0.3, -0.25) is 9.89 Å². The van der Waals surface area contributed by atoms with Crippen LogP contribution in [0.1, 0.15) is 28.8 Å². The molecule has 0 saturated carbocycles. The summed E-state index contributed by atoms with van der Waals surface area (Å²) in [4.78, 5) is 12.3. The molecule has 2 aromatic rings. The number of nitrogens with zero attached hydrogens (tertiary/aromatic N) is 1. The third-order valence-corrected chi connectivity index (χ3v) is 5.66. The van der Waals surface area contributed by atoms with Crippen LogP contribution < -0.4 is 0 Å². The van der Waals surface area contributed by atoms with E-state index in [1.165, 1.54) is 11.1 Å². The molecule has 29 heavy (non-hydrogen) atoms. The lowest BCUT2D eigenvalue weighted by molar-refractivity contribution is -0.124. The molecule has 1 aromatic carbocycles. The fourth-order valence-electron chi connectivity index (χ4n) is 3.94. The van der Waals surface area contributed by atoms with Gasteiger partial charge in [0.05, 0.1) is 12.3 Å². The van der Waals surface area contributed by atoms with E-state index >= 15 is 0 Å². The highest BCUT2D eigenvalue weighted by molar-refractivity contribution is 5.87. The summed E-state index contributed by atoms with van der Waals surface area (Å²) in [5.74, 6) is 1.12. The molecule has 5 nitrogen and oxygen atoms in total. The quantitative estimate of drug-likeness (QED) is 0.607. The van der Waals surface area contributed by atoms with E-state index in [-0.39, 0.29) is 17.8 Å². The summed E-state index contributed by atoms with van der Waals surface area (Å²) in [6.07, 6.45) is 11.9. The highest BCUT2D eigenvalue weighted by atomic mass is 16.6. The Bertz CT molecular complexity index is 1050. The molecule has 146 valence electrons. The molecule has 0 radical (unpaired) electrons. The lowest BCUT2D eigenvalue weighted by Crippen LogP contribution is -2.26. The zero-order valence-electron chi connectivity index (χ0n) is 16.1. The van der Waals surface area contributed by atoms with Gasteiger partial charge < -0.3 is 9.47 Å². The number of hydrogen-bond donors (Lipinski definition) is 1. The molecule has 5 heteroatoms. The molecule has 5 rings (SSSR count). The summed E-state index contributed by atoms with van der Waals surface area (Å²) in [6, 6.07) is 8.40. The monoisotopic (exact) mass is 386 g/mol. The molecule has 2 aliphatic carbocycles. The minimum Gasteiger partial charge on any atom is -0.488 e. The number of carbonyl (C=O) groups excluding carboxylic acids is 1. The number of epoxide rings is 1. The first kappa shape index (κ1) is 17.9. The molecule has 1 N–H and O–H groups in total. The molecule has 0 bridgehead atoms. The van der Waals surface area contributed by atoms with Crippen LogP contribution in [0.3, 0.4) is 0 Å². The Morgan fingerprint density at radius 1 is 1.24 bits per heavy atom. The normalized spacial score (nSPS) is 22.3. The summed E-state index contributed by atoms with van der Waals surface area (Å²) in [6.45, 7) is 1.08. The van der Waals surface area contributed by atoms with E-state index in [2.05, 4.69) is 34.1 Å².